The first-order valence-corrected chi connectivity index (χ1v) is 7.97. The van der Waals surface area contributed by atoms with Crippen molar-refractivity contribution in [2.24, 2.45) is 0 Å². The van der Waals surface area contributed by atoms with Gasteiger partial charge in [-0.1, -0.05) is 30.3 Å². The van der Waals surface area contributed by atoms with Crippen LogP contribution in [0.5, 0.6) is 0 Å². The summed E-state index contributed by atoms with van der Waals surface area (Å²) in [4.78, 5) is 18.0. The van der Waals surface area contributed by atoms with Gasteiger partial charge in [0.2, 0.25) is 0 Å². The average Bonchev–Trinajstić information content (AvgIpc) is 3.04. The quantitative estimate of drug-likeness (QED) is 0.840. The number of carbonyl (C=O) groups is 1. The summed E-state index contributed by atoms with van der Waals surface area (Å²) in [5.74, 6) is 0.235. The highest BCUT2D eigenvalue weighted by Gasteiger charge is 2.21. The van der Waals surface area contributed by atoms with Gasteiger partial charge in [-0.15, -0.1) is 0 Å². The van der Waals surface area contributed by atoms with Gasteiger partial charge in [-0.25, -0.2) is 9.78 Å². The number of hydrogen-bond acceptors (Lipinski definition) is 2. The van der Waals surface area contributed by atoms with Gasteiger partial charge in [0.05, 0.1) is 6.04 Å². The highest BCUT2D eigenvalue weighted by Crippen LogP contribution is 2.21. The molecule has 1 atom stereocenters. The maximum Gasteiger partial charge on any atom is 0.319 e. The number of nitrogens with one attached hydrogen (secondary N) is 1. The fraction of sp³-hybridized carbons (Fsp3) is 0.412. The third kappa shape index (κ3) is 4.31. The van der Waals surface area contributed by atoms with E-state index in [1.165, 1.54) is 12.4 Å². The normalized spacial score (nSPS) is 12.2. The number of nitrogens with zero attached hydrogens (tertiary/aromatic N) is 3. The molecule has 1 N–H and O–H groups in total. The van der Waals surface area contributed by atoms with Crippen LogP contribution in [0.4, 0.5) is 13.6 Å². The summed E-state index contributed by atoms with van der Waals surface area (Å²) >= 11 is 0. The van der Waals surface area contributed by atoms with Crippen molar-refractivity contribution in [2.45, 2.75) is 32.9 Å². The number of amides is 2. The molecule has 0 fully saturated rings. The maximum absolute atomic E-state index is 13.0. The van der Waals surface area contributed by atoms with Gasteiger partial charge >= 0.3 is 12.6 Å². The van der Waals surface area contributed by atoms with Crippen molar-refractivity contribution >= 4 is 6.03 Å². The summed E-state index contributed by atoms with van der Waals surface area (Å²) in [6, 6.07) is 8.65. The van der Waals surface area contributed by atoms with Crippen molar-refractivity contribution in [3.8, 4) is 0 Å². The molecule has 0 bridgehead atoms. The molecule has 2 rings (SSSR count). The van der Waals surface area contributed by atoms with E-state index in [0.717, 1.165) is 10.1 Å². The van der Waals surface area contributed by atoms with E-state index < -0.39 is 12.6 Å². The molecule has 130 valence electrons. The topological polar surface area (TPSA) is 50.2 Å². The first kappa shape index (κ1) is 17.9. The monoisotopic (exact) mass is 336 g/mol. The van der Waals surface area contributed by atoms with Crippen molar-refractivity contribution in [1.82, 2.24) is 19.8 Å². The van der Waals surface area contributed by atoms with Gasteiger partial charge in [0, 0.05) is 31.9 Å². The molecule has 0 aliphatic rings. The molecule has 2 aromatic rings. The first-order valence-electron chi connectivity index (χ1n) is 7.97. The van der Waals surface area contributed by atoms with Crippen molar-refractivity contribution < 1.29 is 13.6 Å². The van der Waals surface area contributed by atoms with Crippen LogP contribution in [0.2, 0.25) is 0 Å². The van der Waals surface area contributed by atoms with Crippen LogP contribution >= 0.6 is 0 Å². The SMILES string of the molecule is CCN(CC)C(=O)NC(Cc1nccn1C(F)F)c1ccccc1. The Morgan fingerprint density at radius 3 is 2.50 bits per heavy atom. The molecule has 0 saturated carbocycles. The van der Waals surface area contributed by atoms with Gasteiger partial charge in [0.15, 0.2) is 0 Å². The van der Waals surface area contributed by atoms with Crippen LogP contribution in [0.1, 0.15) is 37.8 Å². The van der Waals surface area contributed by atoms with E-state index >= 15 is 0 Å². The van der Waals surface area contributed by atoms with Crippen molar-refractivity contribution in [3.63, 3.8) is 0 Å². The van der Waals surface area contributed by atoms with Gasteiger partial charge in [0.1, 0.15) is 5.82 Å². The van der Waals surface area contributed by atoms with E-state index in [4.69, 9.17) is 0 Å². The Labute approximate surface area is 140 Å². The summed E-state index contributed by atoms with van der Waals surface area (Å²) in [6.45, 7) is 2.29. The van der Waals surface area contributed by atoms with Crippen molar-refractivity contribution in [2.75, 3.05) is 13.1 Å². The number of aromatic nitrogens is 2. The van der Waals surface area contributed by atoms with E-state index in [0.29, 0.717) is 13.1 Å². The summed E-state index contributed by atoms with van der Waals surface area (Å²) in [5.41, 5.74) is 0.849. The van der Waals surface area contributed by atoms with E-state index in [1.807, 2.05) is 44.2 Å². The minimum Gasteiger partial charge on any atom is -0.331 e. The number of imidazole rings is 1. The number of rotatable bonds is 7. The highest BCUT2D eigenvalue weighted by atomic mass is 19.3. The Bertz CT molecular complexity index is 641. The lowest BCUT2D eigenvalue weighted by Gasteiger charge is -2.25. The Morgan fingerprint density at radius 1 is 1.25 bits per heavy atom. The molecule has 0 spiro atoms. The van der Waals surface area contributed by atoms with E-state index in [1.54, 1.807) is 4.90 Å². The second kappa shape index (κ2) is 8.42. The number of hydrogen-bond donors (Lipinski definition) is 1. The molecule has 0 radical (unpaired) electrons. The van der Waals surface area contributed by atoms with Gasteiger partial charge in [-0.3, -0.25) is 4.57 Å². The summed E-state index contributed by atoms with van der Waals surface area (Å²) in [7, 11) is 0. The van der Waals surface area contributed by atoms with Crippen LogP contribution in [-0.4, -0.2) is 33.6 Å². The van der Waals surface area contributed by atoms with Gasteiger partial charge in [0.25, 0.3) is 0 Å². The van der Waals surface area contributed by atoms with Gasteiger partial charge in [-0.2, -0.15) is 8.78 Å². The number of halogens is 2. The van der Waals surface area contributed by atoms with Crippen molar-refractivity contribution in [1.29, 1.82) is 0 Å². The number of alkyl halides is 2. The van der Waals surface area contributed by atoms with Crippen molar-refractivity contribution in [3.05, 3.63) is 54.1 Å². The Kier molecular flexibility index (Phi) is 6.28. The van der Waals surface area contributed by atoms with E-state index in [-0.39, 0.29) is 18.3 Å². The standard InChI is InChI=1S/C17H22F2N4O/c1-3-22(4-2)17(24)21-14(13-8-6-5-7-9-13)12-15-20-10-11-23(15)16(18)19/h5-11,14,16H,3-4,12H2,1-2H3,(H,21,24). The molecule has 0 saturated heterocycles. The zero-order valence-corrected chi connectivity index (χ0v) is 13.8. The zero-order chi connectivity index (χ0) is 17.5. The fourth-order valence-corrected chi connectivity index (χ4v) is 2.55. The maximum atomic E-state index is 13.0. The summed E-state index contributed by atoms with van der Waals surface area (Å²) in [5, 5.41) is 2.93. The molecule has 0 aliphatic heterocycles. The van der Waals surface area contributed by atoms with Gasteiger partial charge in [-0.05, 0) is 19.4 Å². The fourth-order valence-electron chi connectivity index (χ4n) is 2.55. The third-order valence-corrected chi connectivity index (χ3v) is 3.90. The molecule has 2 amide bonds. The molecule has 1 aromatic heterocycles. The second-order valence-corrected chi connectivity index (χ2v) is 5.32. The Hall–Kier alpha value is -2.44. The molecule has 1 heterocycles. The number of urea groups is 1. The molecular formula is C17H22F2N4O. The molecular weight excluding hydrogens is 314 g/mol. The molecule has 7 heteroatoms. The minimum atomic E-state index is -2.66. The predicted molar refractivity (Wildman–Crippen MR) is 87.8 cm³/mol. The smallest absolute Gasteiger partial charge is 0.319 e. The van der Waals surface area contributed by atoms with E-state index in [9.17, 15) is 13.6 Å². The van der Waals surface area contributed by atoms with Crippen LogP contribution in [0.25, 0.3) is 0 Å². The predicted octanol–water partition coefficient (Wildman–Crippen LogP) is 3.61. The van der Waals surface area contributed by atoms with Crippen LogP contribution in [0.3, 0.4) is 0 Å². The lowest BCUT2D eigenvalue weighted by Crippen LogP contribution is -2.42. The molecule has 1 unspecified atom stereocenters. The van der Waals surface area contributed by atoms with Crippen LogP contribution in [0.15, 0.2) is 42.7 Å². The third-order valence-electron chi connectivity index (χ3n) is 3.90. The van der Waals surface area contributed by atoms with Crippen LogP contribution in [0, 0.1) is 0 Å². The zero-order valence-electron chi connectivity index (χ0n) is 13.8. The summed E-state index contributed by atoms with van der Waals surface area (Å²) in [6.07, 6.45) is 2.78. The lowest BCUT2D eigenvalue weighted by molar-refractivity contribution is 0.0666. The Balaban J connectivity index is 2.23. The molecule has 5 nitrogen and oxygen atoms in total. The molecule has 0 aliphatic carbocycles. The number of carbonyl (C=O) groups excluding carboxylic acids is 1. The second-order valence-electron chi connectivity index (χ2n) is 5.32. The lowest BCUT2D eigenvalue weighted by atomic mass is 10.0. The van der Waals surface area contributed by atoms with Gasteiger partial charge < -0.3 is 10.2 Å². The molecule has 1 aromatic carbocycles. The number of benzene rings is 1. The van der Waals surface area contributed by atoms with Crippen LogP contribution in [-0.2, 0) is 6.42 Å². The minimum absolute atomic E-state index is 0.189. The largest absolute Gasteiger partial charge is 0.331 e. The highest BCUT2D eigenvalue weighted by molar-refractivity contribution is 5.74. The first-order chi connectivity index (χ1) is 11.6. The van der Waals surface area contributed by atoms with Crippen LogP contribution < -0.4 is 5.32 Å². The average molecular weight is 336 g/mol. The van der Waals surface area contributed by atoms with E-state index in [2.05, 4.69) is 10.3 Å². The Morgan fingerprint density at radius 2 is 1.92 bits per heavy atom. The molecule has 24 heavy (non-hydrogen) atoms. The summed E-state index contributed by atoms with van der Waals surface area (Å²) < 4.78 is 26.9.